The minimum Gasteiger partial charge on any atom is -0.381 e. The van der Waals surface area contributed by atoms with Crippen molar-refractivity contribution in [2.45, 2.75) is 39.4 Å². The number of thioether (sulfide) groups is 1. The van der Waals surface area contributed by atoms with Crippen molar-refractivity contribution in [2.75, 3.05) is 45.1 Å². The zero-order chi connectivity index (χ0) is 15.3. The van der Waals surface area contributed by atoms with Gasteiger partial charge < -0.3 is 15.0 Å². The van der Waals surface area contributed by atoms with Gasteiger partial charge in [-0.15, -0.1) is 0 Å². The molecule has 0 aliphatic carbocycles. The lowest BCUT2D eigenvalue weighted by atomic mass is 9.90. The molecule has 0 saturated carbocycles. The van der Waals surface area contributed by atoms with Crippen LogP contribution in [0, 0.1) is 11.3 Å². The molecule has 21 heavy (non-hydrogen) atoms. The second-order valence-electron chi connectivity index (χ2n) is 6.88. The summed E-state index contributed by atoms with van der Waals surface area (Å²) in [6, 6.07) is 0. The van der Waals surface area contributed by atoms with Gasteiger partial charge in [0.2, 0.25) is 0 Å². The highest BCUT2D eigenvalue weighted by Gasteiger charge is 2.30. The Morgan fingerprint density at radius 1 is 1.52 bits per heavy atom. The summed E-state index contributed by atoms with van der Waals surface area (Å²) in [5.41, 5.74) is 0.225. The average Bonchev–Trinajstić information content (AvgIpc) is 2.91. The van der Waals surface area contributed by atoms with Gasteiger partial charge in [-0.1, -0.05) is 20.8 Å². The Labute approximate surface area is 134 Å². The van der Waals surface area contributed by atoms with Gasteiger partial charge in [0.15, 0.2) is 5.96 Å². The fraction of sp³-hybridized carbons (Fsp3) is 0.938. The van der Waals surface area contributed by atoms with Crippen molar-refractivity contribution in [3.8, 4) is 0 Å². The first kappa shape index (κ1) is 16.9. The Bertz CT molecular complexity index is 353. The highest BCUT2D eigenvalue weighted by Crippen LogP contribution is 2.28. The van der Waals surface area contributed by atoms with E-state index in [1.807, 2.05) is 0 Å². The molecule has 122 valence electrons. The minimum atomic E-state index is 0.225. The van der Waals surface area contributed by atoms with E-state index in [0.717, 1.165) is 57.7 Å². The van der Waals surface area contributed by atoms with E-state index in [9.17, 15) is 0 Å². The van der Waals surface area contributed by atoms with Crippen LogP contribution in [0.1, 0.15) is 34.1 Å². The summed E-state index contributed by atoms with van der Waals surface area (Å²) in [6.07, 6.45) is 1.13. The Hall–Kier alpha value is -0.420. The van der Waals surface area contributed by atoms with Gasteiger partial charge in [-0.2, -0.15) is 11.8 Å². The van der Waals surface area contributed by atoms with Crippen molar-refractivity contribution in [3.05, 3.63) is 0 Å². The lowest BCUT2D eigenvalue weighted by molar-refractivity contribution is 0.162. The largest absolute Gasteiger partial charge is 0.381 e. The third-order valence-corrected chi connectivity index (χ3v) is 5.92. The first-order valence-electron chi connectivity index (χ1n) is 8.27. The van der Waals surface area contributed by atoms with Crippen molar-refractivity contribution in [1.29, 1.82) is 0 Å². The summed E-state index contributed by atoms with van der Waals surface area (Å²) < 4.78 is 5.54. The molecule has 2 fully saturated rings. The summed E-state index contributed by atoms with van der Waals surface area (Å²) >= 11 is 2.11. The Kier molecular flexibility index (Phi) is 6.23. The molecule has 5 heteroatoms. The molecular weight excluding hydrogens is 282 g/mol. The van der Waals surface area contributed by atoms with Crippen LogP contribution in [0.3, 0.4) is 0 Å². The van der Waals surface area contributed by atoms with E-state index in [0.29, 0.717) is 5.25 Å². The zero-order valence-corrected chi connectivity index (χ0v) is 14.8. The number of hydrogen-bond donors (Lipinski definition) is 1. The maximum atomic E-state index is 5.54. The second kappa shape index (κ2) is 7.73. The number of guanidine groups is 1. The van der Waals surface area contributed by atoms with Crippen LogP contribution in [-0.4, -0.2) is 61.3 Å². The highest BCUT2D eigenvalue weighted by molar-refractivity contribution is 8.00. The number of aliphatic imine (C=N–C) groups is 1. The lowest BCUT2D eigenvalue weighted by Gasteiger charge is -2.36. The maximum absolute atomic E-state index is 5.54. The van der Waals surface area contributed by atoms with Crippen LogP contribution < -0.4 is 5.32 Å². The number of ether oxygens (including phenoxy) is 1. The molecule has 0 amide bonds. The van der Waals surface area contributed by atoms with Gasteiger partial charge in [0, 0.05) is 42.7 Å². The van der Waals surface area contributed by atoms with Crippen LogP contribution in [-0.2, 0) is 4.74 Å². The monoisotopic (exact) mass is 313 g/mol. The first-order valence-corrected chi connectivity index (χ1v) is 9.31. The molecule has 1 N–H and O–H groups in total. The van der Waals surface area contributed by atoms with Crippen molar-refractivity contribution < 1.29 is 4.74 Å². The molecular formula is C16H31N3OS. The van der Waals surface area contributed by atoms with Gasteiger partial charge >= 0.3 is 0 Å². The number of rotatable bonds is 4. The summed E-state index contributed by atoms with van der Waals surface area (Å²) in [5, 5.41) is 4.19. The molecule has 2 unspecified atom stereocenters. The van der Waals surface area contributed by atoms with E-state index in [1.165, 1.54) is 5.75 Å². The third kappa shape index (κ3) is 4.78. The Morgan fingerprint density at radius 3 is 2.95 bits per heavy atom. The standard InChI is InChI=1S/C16H31N3OS/c1-5-17-15(18-11-16(4)6-8-20-12-16)19-7-9-21-14(10-19)13(2)3/h13-14H,5-12H2,1-4H3,(H,17,18). The molecule has 2 rings (SSSR count). The molecule has 0 spiro atoms. The van der Waals surface area contributed by atoms with Crippen LogP contribution in [0.15, 0.2) is 4.99 Å². The SMILES string of the molecule is CCNC(=NCC1(C)CCOC1)N1CCSC(C(C)C)C1. The molecule has 0 bridgehead atoms. The molecule has 2 atom stereocenters. The summed E-state index contributed by atoms with van der Waals surface area (Å²) in [5.74, 6) is 3.02. The number of nitrogens with zero attached hydrogens (tertiary/aromatic N) is 2. The lowest BCUT2D eigenvalue weighted by Crippen LogP contribution is -2.49. The van der Waals surface area contributed by atoms with Crippen LogP contribution in [0.25, 0.3) is 0 Å². The van der Waals surface area contributed by atoms with Gasteiger partial charge in [-0.25, -0.2) is 0 Å². The molecule has 2 saturated heterocycles. The Balaban J connectivity index is 1.99. The summed E-state index contributed by atoms with van der Waals surface area (Å²) in [6.45, 7) is 14.8. The number of nitrogens with one attached hydrogen (secondary N) is 1. The van der Waals surface area contributed by atoms with Gasteiger partial charge in [0.25, 0.3) is 0 Å². The summed E-state index contributed by atoms with van der Waals surface area (Å²) in [4.78, 5) is 7.38. The number of hydrogen-bond acceptors (Lipinski definition) is 3. The van der Waals surface area contributed by atoms with Crippen molar-refractivity contribution in [1.82, 2.24) is 10.2 Å². The maximum Gasteiger partial charge on any atom is 0.193 e. The highest BCUT2D eigenvalue weighted by atomic mass is 32.2. The molecule has 0 aromatic carbocycles. The van der Waals surface area contributed by atoms with Crippen molar-refractivity contribution >= 4 is 17.7 Å². The molecule has 0 aromatic rings. The fourth-order valence-electron chi connectivity index (χ4n) is 2.80. The first-order chi connectivity index (χ1) is 10.0. The van der Waals surface area contributed by atoms with E-state index >= 15 is 0 Å². The van der Waals surface area contributed by atoms with Gasteiger partial charge in [0.1, 0.15) is 0 Å². The zero-order valence-electron chi connectivity index (χ0n) is 14.0. The Morgan fingerprint density at radius 2 is 2.33 bits per heavy atom. The predicted octanol–water partition coefficient (Wildman–Crippen LogP) is 2.45. The topological polar surface area (TPSA) is 36.9 Å². The van der Waals surface area contributed by atoms with E-state index in [2.05, 4.69) is 49.7 Å². The smallest absolute Gasteiger partial charge is 0.193 e. The summed E-state index contributed by atoms with van der Waals surface area (Å²) in [7, 11) is 0. The van der Waals surface area contributed by atoms with Gasteiger partial charge in [-0.3, -0.25) is 4.99 Å². The van der Waals surface area contributed by atoms with Crippen LogP contribution >= 0.6 is 11.8 Å². The normalized spacial score (nSPS) is 31.0. The molecule has 0 radical (unpaired) electrons. The minimum absolute atomic E-state index is 0.225. The quantitative estimate of drug-likeness (QED) is 0.639. The van der Waals surface area contributed by atoms with Crippen LogP contribution in [0.2, 0.25) is 0 Å². The van der Waals surface area contributed by atoms with Crippen molar-refractivity contribution in [2.24, 2.45) is 16.3 Å². The van der Waals surface area contributed by atoms with Gasteiger partial charge in [-0.05, 0) is 19.3 Å². The van der Waals surface area contributed by atoms with E-state index in [4.69, 9.17) is 9.73 Å². The van der Waals surface area contributed by atoms with Crippen LogP contribution in [0.5, 0.6) is 0 Å². The molecule has 2 aliphatic rings. The van der Waals surface area contributed by atoms with E-state index in [1.54, 1.807) is 0 Å². The molecule has 2 aliphatic heterocycles. The second-order valence-corrected chi connectivity index (χ2v) is 8.23. The van der Waals surface area contributed by atoms with Gasteiger partial charge in [0.05, 0.1) is 13.2 Å². The fourth-order valence-corrected chi connectivity index (χ4v) is 4.10. The van der Waals surface area contributed by atoms with E-state index < -0.39 is 0 Å². The molecule has 4 nitrogen and oxygen atoms in total. The predicted molar refractivity (Wildman–Crippen MR) is 92.2 cm³/mol. The molecule has 2 heterocycles. The third-order valence-electron chi connectivity index (χ3n) is 4.38. The van der Waals surface area contributed by atoms with E-state index in [-0.39, 0.29) is 5.41 Å². The average molecular weight is 314 g/mol. The molecule has 0 aromatic heterocycles. The van der Waals surface area contributed by atoms with Crippen LogP contribution in [0.4, 0.5) is 0 Å². The van der Waals surface area contributed by atoms with Crippen molar-refractivity contribution in [3.63, 3.8) is 0 Å².